The molecule has 100 valence electrons. The largest absolute Gasteiger partial charge is 0.309 e. The molecule has 3 aromatic carbocycles. The smallest absolute Gasteiger partial charge is 0.0580 e. The Labute approximate surface area is 127 Å². The van der Waals surface area contributed by atoms with Gasteiger partial charge in [-0.15, -0.1) is 0 Å². The average molecular weight is 326 g/mol. The van der Waals surface area contributed by atoms with Gasteiger partial charge in [0.2, 0.25) is 0 Å². The van der Waals surface area contributed by atoms with Gasteiger partial charge in [0.25, 0.3) is 0 Å². The lowest BCUT2D eigenvalue weighted by Gasteiger charge is -2.19. The molecule has 2 heteroatoms. The van der Waals surface area contributed by atoms with E-state index in [2.05, 4.69) is 88.0 Å². The van der Waals surface area contributed by atoms with Gasteiger partial charge in [0, 0.05) is 4.47 Å². The number of halogens is 1. The molecule has 0 aliphatic carbocycles. The van der Waals surface area contributed by atoms with Crippen molar-refractivity contribution in [3.63, 3.8) is 0 Å². The van der Waals surface area contributed by atoms with Gasteiger partial charge in [0.1, 0.15) is 0 Å². The van der Waals surface area contributed by atoms with Crippen molar-refractivity contribution in [3.05, 3.63) is 82.3 Å². The van der Waals surface area contributed by atoms with Crippen LogP contribution in [0.5, 0.6) is 0 Å². The standard InChI is InChI=1S/C18H16BrN/c1-20-18(14-9-11-15(19)12-10-14)17-8-4-6-13-5-2-3-7-16(13)17/h2-12,18,20H,1H3. The Hall–Kier alpha value is -1.64. The van der Waals surface area contributed by atoms with Gasteiger partial charge in [0.05, 0.1) is 6.04 Å². The van der Waals surface area contributed by atoms with E-state index in [1.54, 1.807) is 0 Å². The first-order chi connectivity index (χ1) is 9.79. The number of benzene rings is 3. The van der Waals surface area contributed by atoms with E-state index in [1.807, 2.05) is 7.05 Å². The SMILES string of the molecule is CNC(c1ccc(Br)cc1)c1cccc2ccccc12. The number of hydrogen-bond donors (Lipinski definition) is 1. The number of rotatable bonds is 3. The minimum absolute atomic E-state index is 0.203. The lowest BCUT2D eigenvalue weighted by molar-refractivity contribution is 0.697. The third-order valence-electron chi connectivity index (χ3n) is 3.63. The van der Waals surface area contributed by atoms with Gasteiger partial charge in [-0.3, -0.25) is 0 Å². The molecule has 0 amide bonds. The monoisotopic (exact) mass is 325 g/mol. The van der Waals surface area contributed by atoms with Crippen LogP contribution < -0.4 is 5.32 Å². The second-order valence-electron chi connectivity index (χ2n) is 4.84. The Morgan fingerprint density at radius 2 is 1.55 bits per heavy atom. The Morgan fingerprint density at radius 1 is 0.850 bits per heavy atom. The highest BCUT2D eigenvalue weighted by Gasteiger charge is 2.14. The molecule has 1 unspecified atom stereocenters. The van der Waals surface area contributed by atoms with E-state index in [1.165, 1.54) is 21.9 Å². The van der Waals surface area contributed by atoms with Gasteiger partial charge >= 0.3 is 0 Å². The summed E-state index contributed by atoms with van der Waals surface area (Å²) in [6, 6.07) is 23.7. The Balaban J connectivity index is 2.14. The van der Waals surface area contributed by atoms with Gasteiger partial charge in [-0.05, 0) is 41.1 Å². The quantitative estimate of drug-likeness (QED) is 0.721. The minimum Gasteiger partial charge on any atom is -0.309 e. The van der Waals surface area contributed by atoms with Crippen molar-refractivity contribution in [2.45, 2.75) is 6.04 Å². The highest BCUT2D eigenvalue weighted by molar-refractivity contribution is 9.10. The van der Waals surface area contributed by atoms with E-state index in [0.29, 0.717) is 0 Å². The molecule has 0 saturated carbocycles. The van der Waals surface area contributed by atoms with E-state index >= 15 is 0 Å². The Bertz CT molecular complexity index is 714. The predicted molar refractivity (Wildman–Crippen MR) is 89.0 cm³/mol. The Morgan fingerprint density at radius 3 is 2.30 bits per heavy atom. The lowest BCUT2D eigenvalue weighted by Crippen LogP contribution is -2.17. The summed E-state index contributed by atoms with van der Waals surface area (Å²) in [6.07, 6.45) is 0. The zero-order chi connectivity index (χ0) is 13.9. The van der Waals surface area contributed by atoms with Crippen LogP contribution in [0.1, 0.15) is 17.2 Å². The van der Waals surface area contributed by atoms with Crippen LogP contribution in [0.4, 0.5) is 0 Å². The van der Waals surface area contributed by atoms with Crippen molar-refractivity contribution in [3.8, 4) is 0 Å². The summed E-state index contributed by atoms with van der Waals surface area (Å²) in [7, 11) is 2.01. The maximum Gasteiger partial charge on any atom is 0.0580 e. The van der Waals surface area contributed by atoms with E-state index in [9.17, 15) is 0 Å². The average Bonchev–Trinajstić information content (AvgIpc) is 2.50. The maximum atomic E-state index is 3.49. The molecule has 1 atom stereocenters. The second kappa shape index (κ2) is 5.78. The first-order valence-electron chi connectivity index (χ1n) is 6.70. The minimum atomic E-state index is 0.203. The fourth-order valence-electron chi connectivity index (χ4n) is 2.66. The summed E-state index contributed by atoms with van der Waals surface area (Å²) in [5.74, 6) is 0. The van der Waals surface area contributed by atoms with Crippen molar-refractivity contribution in [1.82, 2.24) is 5.32 Å². The van der Waals surface area contributed by atoms with Crippen molar-refractivity contribution in [2.24, 2.45) is 0 Å². The molecule has 0 radical (unpaired) electrons. The molecule has 0 saturated heterocycles. The second-order valence-corrected chi connectivity index (χ2v) is 5.76. The molecule has 0 heterocycles. The highest BCUT2D eigenvalue weighted by Crippen LogP contribution is 2.29. The highest BCUT2D eigenvalue weighted by atomic mass is 79.9. The Kier molecular flexibility index (Phi) is 3.86. The molecule has 0 spiro atoms. The van der Waals surface area contributed by atoms with Gasteiger partial charge in [-0.25, -0.2) is 0 Å². The fourth-order valence-corrected chi connectivity index (χ4v) is 2.92. The third-order valence-corrected chi connectivity index (χ3v) is 4.16. The van der Waals surface area contributed by atoms with Crippen LogP contribution in [0.25, 0.3) is 10.8 Å². The van der Waals surface area contributed by atoms with Crippen LogP contribution in [-0.2, 0) is 0 Å². The van der Waals surface area contributed by atoms with Crippen LogP contribution in [0, 0.1) is 0 Å². The van der Waals surface area contributed by atoms with Crippen LogP contribution in [0.15, 0.2) is 71.2 Å². The molecular weight excluding hydrogens is 310 g/mol. The molecule has 1 N–H and O–H groups in total. The summed E-state index contributed by atoms with van der Waals surface area (Å²) in [4.78, 5) is 0. The zero-order valence-corrected chi connectivity index (χ0v) is 12.9. The first-order valence-corrected chi connectivity index (χ1v) is 7.49. The summed E-state index contributed by atoms with van der Waals surface area (Å²) in [5.41, 5.74) is 2.58. The maximum absolute atomic E-state index is 3.49. The van der Waals surface area contributed by atoms with E-state index in [4.69, 9.17) is 0 Å². The lowest BCUT2D eigenvalue weighted by atomic mass is 9.94. The van der Waals surface area contributed by atoms with Gasteiger partial charge in [-0.1, -0.05) is 70.5 Å². The molecule has 0 aliphatic rings. The number of nitrogens with one attached hydrogen (secondary N) is 1. The molecule has 1 nitrogen and oxygen atoms in total. The number of hydrogen-bond acceptors (Lipinski definition) is 1. The molecule has 3 rings (SSSR count). The predicted octanol–water partition coefficient (Wildman–Crippen LogP) is 4.91. The fraction of sp³-hybridized carbons (Fsp3) is 0.111. The third kappa shape index (κ3) is 2.49. The molecule has 0 bridgehead atoms. The first kappa shape index (κ1) is 13.3. The van der Waals surface area contributed by atoms with Crippen molar-refractivity contribution in [1.29, 1.82) is 0 Å². The summed E-state index contributed by atoms with van der Waals surface area (Å²) >= 11 is 3.49. The summed E-state index contributed by atoms with van der Waals surface area (Å²) < 4.78 is 1.11. The van der Waals surface area contributed by atoms with Crippen LogP contribution in [-0.4, -0.2) is 7.05 Å². The van der Waals surface area contributed by atoms with Gasteiger partial charge < -0.3 is 5.32 Å². The van der Waals surface area contributed by atoms with E-state index < -0.39 is 0 Å². The molecule has 0 fully saturated rings. The molecule has 0 aliphatic heterocycles. The van der Waals surface area contributed by atoms with Crippen molar-refractivity contribution < 1.29 is 0 Å². The topological polar surface area (TPSA) is 12.0 Å². The molecular formula is C18H16BrN. The van der Waals surface area contributed by atoms with Crippen LogP contribution >= 0.6 is 15.9 Å². The van der Waals surface area contributed by atoms with Crippen LogP contribution in [0.2, 0.25) is 0 Å². The number of fused-ring (bicyclic) bond motifs is 1. The summed E-state index contributed by atoms with van der Waals surface area (Å²) in [6.45, 7) is 0. The molecule has 3 aromatic rings. The summed E-state index contributed by atoms with van der Waals surface area (Å²) in [5, 5.41) is 6.01. The molecule has 20 heavy (non-hydrogen) atoms. The van der Waals surface area contributed by atoms with Crippen molar-refractivity contribution in [2.75, 3.05) is 7.05 Å². The van der Waals surface area contributed by atoms with Gasteiger partial charge in [-0.2, -0.15) is 0 Å². The normalized spacial score (nSPS) is 12.5. The van der Waals surface area contributed by atoms with Crippen molar-refractivity contribution >= 4 is 26.7 Å². The zero-order valence-electron chi connectivity index (χ0n) is 11.3. The van der Waals surface area contributed by atoms with E-state index in [0.717, 1.165) is 4.47 Å². The van der Waals surface area contributed by atoms with Gasteiger partial charge in [0.15, 0.2) is 0 Å². The van der Waals surface area contributed by atoms with Crippen LogP contribution in [0.3, 0.4) is 0 Å². The molecule has 0 aromatic heterocycles. The van der Waals surface area contributed by atoms with E-state index in [-0.39, 0.29) is 6.04 Å².